The number of aromatic nitrogens is 4. The molecule has 0 atom stereocenters. The van der Waals surface area contributed by atoms with E-state index in [9.17, 15) is 4.79 Å². The van der Waals surface area contributed by atoms with Crippen LogP contribution in [0, 0.1) is 6.92 Å². The Morgan fingerprint density at radius 3 is 2.90 bits per heavy atom. The van der Waals surface area contributed by atoms with E-state index in [1.54, 1.807) is 18.6 Å². The minimum atomic E-state index is -0.166. The van der Waals surface area contributed by atoms with Crippen molar-refractivity contribution >= 4 is 11.0 Å². The smallest absolute Gasteiger partial charge is 0.272 e. The van der Waals surface area contributed by atoms with Gasteiger partial charge in [0.2, 0.25) is 5.89 Å². The molecule has 1 aromatic carbocycles. The second kappa shape index (κ2) is 5.45. The molecule has 21 heavy (non-hydrogen) atoms. The van der Waals surface area contributed by atoms with E-state index < -0.39 is 0 Å². The second-order valence-electron chi connectivity index (χ2n) is 4.61. The van der Waals surface area contributed by atoms with Gasteiger partial charge in [0.25, 0.3) is 5.56 Å². The van der Waals surface area contributed by atoms with Crippen LogP contribution in [0.25, 0.3) is 11.0 Å². The van der Waals surface area contributed by atoms with E-state index in [4.69, 9.17) is 9.26 Å². The summed E-state index contributed by atoms with van der Waals surface area (Å²) in [6, 6.07) is 7.45. The normalized spacial score (nSPS) is 11.1. The molecular formula is C14H14N4O3. The van der Waals surface area contributed by atoms with Gasteiger partial charge in [-0.15, -0.1) is 0 Å². The molecule has 0 saturated heterocycles. The summed E-state index contributed by atoms with van der Waals surface area (Å²) in [6.07, 6.45) is 0. The number of methoxy groups -OCH3 is 1. The molecule has 0 aliphatic rings. The quantitative estimate of drug-likeness (QED) is 0.718. The highest BCUT2D eigenvalue weighted by Gasteiger charge is 2.12. The standard InChI is InChI=1S/C14H14N4O3/c1-9-14(19)18(11-6-4-3-5-10(11)15-9)7-13-16-12(8-20-2)17-21-13/h3-6H,7-8H2,1-2H3. The second-order valence-corrected chi connectivity index (χ2v) is 4.61. The highest BCUT2D eigenvalue weighted by molar-refractivity contribution is 5.74. The molecular weight excluding hydrogens is 272 g/mol. The molecule has 0 aliphatic heterocycles. The molecule has 7 heteroatoms. The highest BCUT2D eigenvalue weighted by Crippen LogP contribution is 2.11. The van der Waals surface area contributed by atoms with E-state index in [2.05, 4.69) is 15.1 Å². The Morgan fingerprint density at radius 1 is 1.29 bits per heavy atom. The number of ether oxygens (including phenoxy) is 1. The van der Waals surface area contributed by atoms with Gasteiger partial charge in [0.15, 0.2) is 5.82 Å². The molecule has 0 fully saturated rings. The largest absolute Gasteiger partial charge is 0.377 e. The van der Waals surface area contributed by atoms with Crippen LogP contribution in [0.2, 0.25) is 0 Å². The van der Waals surface area contributed by atoms with Crippen LogP contribution in [0.1, 0.15) is 17.4 Å². The van der Waals surface area contributed by atoms with Gasteiger partial charge >= 0.3 is 0 Å². The summed E-state index contributed by atoms with van der Waals surface area (Å²) in [5.74, 6) is 0.815. The van der Waals surface area contributed by atoms with Crippen LogP contribution in [0.15, 0.2) is 33.6 Å². The minimum Gasteiger partial charge on any atom is -0.377 e. The predicted molar refractivity (Wildman–Crippen MR) is 74.9 cm³/mol. The van der Waals surface area contributed by atoms with Gasteiger partial charge in [0.1, 0.15) is 18.8 Å². The van der Waals surface area contributed by atoms with Crippen molar-refractivity contribution in [2.75, 3.05) is 7.11 Å². The fourth-order valence-corrected chi connectivity index (χ4v) is 2.15. The Labute approximate surface area is 120 Å². The number of benzene rings is 1. The van der Waals surface area contributed by atoms with Crippen molar-refractivity contribution in [1.29, 1.82) is 0 Å². The van der Waals surface area contributed by atoms with E-state index in [1.165, 1.54) is 0 Å². The van der Waals surface area contributed by atoms with Crippen LogP contribution >= 0.6 is 0 Å². The van der Waals surface area contributed by atoms with Crippen LogP contribution in [-0.2, 0) is 17.9 Å². The minimum absolute atomic E-state index is 0.166. The summed E-state index contributed by atoms with van der Waals surface area (Å²) in [7, 11) is 1.56. The van der Waals surface area contributed by atoms with Crippen LogP contribution in [0.5, 0.6) is 0 Å². The number of hydrogen-bond acceptors (Lipinski definition) is 6. The fraction of sp³-hybridized carbons (Fsp3) is 0.286. The van der Waals surface area contributed by atoms with Gasteiger partial charge < -0.3 is 9.26 Å². The zero-order chi connectivity index (χ0) is 14.8. The summed E-state index contributed by atoms with van der Waals surface area (Å²) < 4.78 is 11.7. The molecule has 0 radical (unpaired) electrons. The van der Waals surface area contributed by atoms with Gasteiger partial charge in [-0.3, -0.25) is 9.36 Å². The van der Waals surface area contributed by atoms with Gasteiger partial charge in [-0.05, 0) is 19.1 Å². The maximum atomic E-state index is 12.3. The molecule has 3 rings (SSSR count). The number of rotatable bonds is 4. The molecule has 2 aromatic heterocycles. The van der Waals surface area contributed by atoms with Gasteiger partial charge in [-0.25, -0.2) is 4.98 Å². The first-order valence-electron chi connectivity index (χ1n) is 6.45. The molecule has 3 aromatic rings. The maximum Gasteiger partial charge on any atom is 0.272 e. The Kier molecular flexibility index (Phi) is 3.49. The van der Waals surface area contributed by atoms with E-state index in [-0.39, 0.29) is 18.7 Å². The zero-order valence-electron chi connectivity index (χ0n) is 11.7. The lowest BCUT2D eigenvalue weighted by molar-refractivity contribution is 0.174. The van der Waals surface area contributed by atoms with Gasteiger partial charge in [0, 0.05) is 7.11 Å². The lowest BCUT2D eigenvalue weighted by Gasteiger charge is -2.08. The molecule has 0 unspecified atom stereocenters. The predicted octanol–water partition coefficient (Wildman–Crippen LogP) is 1.28. The Morgan fingerprint density at radius 2 is 2.10 bits per heavy atom. The van der Waals surface area contributed by atoms with E-state index >= 15 is 0 Å². The van der Waals surface area contributed by atoms with Crippen LogP contribution < -0.4 is 5.56 Å². The average Bonchev–Trinajstić information content (AvgIpc) is 2.92. The molecule has 0 spiro atoms. The van der Waals surface area contributed by atoms with Crippen molar-refractivity contribution in [3.05, 3.63) is 52.0 Å². The van der Waals surface area contributed by atoms with Crippen molar-refractivity contribution < 1.29 is 9.26 Å². The summed E-state index contributed by atoms with van der Waals surface area (Å²) in [5.41, 5.74) is 1.76. The first kappa shape index (κ1) is 13.4. The van der Waals surface area contributed by atoms with E-state index in [0.717, 1.165) is 11.0 Å². The van der Waals surface area contributed by atoms with Crippen molar-refractivity contribution in [3.63, 3.8) is 0 Å². The van der Waals surface area contributed by atoms with E-state index in [1.807, 2.05) is 24.3 Å². The third-order valence-electron chi connectivity index (χ3n) is 3.09. The van der Waals surface area contributed by atoms with Crippen molar-refractivity contribution in [2.45, 2.75) is 20.1 Å². The Balaban J connectivity index is 2.06. The van der Waals surface area contributed by atoms with E-state index in [0.29, 0.717) is 17.4 Å². The Hall–Kier alpha value is -2.54. The molecule has 7 nitrogen and oxygen atoms in total. The molecule has 2 heterocycles. The third-order valence-corrected chi connectivity index (χ3v) is 3.09. The summed E-state index contributed by atoms with van der Waals surface area (Å²) in [6.45, 7) is 2.17. The highest BCUT2D eigenvalue weighted by atomic mass is 16.5. The fourth-order valence-electron chi connectivity index (χ4n) is 2.15. The van der Waals surface area contributed by atoms with Crippen molar-refractivity contribution in [3.8, 4) is 0 Å². The van der Waals surface area contributed by atoms with Crippen LogP contribution in [0.4, 0.5) is 0 Å². The molecule has 0 aliphatic carbocycles. The van der Waals surface area contributed by atoms with Crippen molar-refractivity contribution in [1.82, 2.24) is 19.7 Å². The molecule has 108 valence electrons. The number of para-hydroxylation sites is 2. The first-order chi connectivity index (χ1) is 10.2. The lowest BCUT2D eigenvalue weighted by Crippen LogP contribution is -2.24. The average molecular weight is 286 g/mol. The van der Waals surface area contributed by atoms with Gasteiger partial charge in [-0.1, -0.05) is 17.3 Å². The SMILES string of the molecule is COCc1noc(Cn2c(=O)c(C)nc3ccccc32)n1. The number of nitrogens with zero attached hydrogens (tertiary/aromatic N) is 4. The monoisotopic (exact) mass is 286 g/mol. The molecule has 0 amide bonds. The first-order valence-corrected chi connectivity index (χ1v) is 6.45. The zero-order valence-corrected chi connectivity index (χ0v) is 11.7. The van der Waals surface area contributed by atoms with Crippen molar-refractivity contribution in [2.24, 2.45) is 0 Å². The molecule has 0 saturated carbocycles. The topological polar surface area (TPSA) is 83.0 Å². The number of fused-ring (bicyclic) bond motifs is 1. The van der Waals surface area contributed by atoms with Crippen LogP contribution in [-0.4, -0.2) is 26.8 Å². The summed E-state index contributed by atoms with van der Waals surface area (Å²) in [4.78, 5) is 20.8. The van der Waals surface area contributed by atoms with Gasteiger partial charge in [0.05, 0.1) is 11.0 Å². The van der Waals surface area contributed by atoms with Gasteiger partial charge in [-0.2, -0.15) is 4.98 Å². The lowest BCUT2D eigenvalue weighted by atomic mass is 10.3. The Bertz CT molecular complexity index is 838. The summed E-state index contributed by atoms with van der Waals surface area (Å²) >= 11 is 0. The molecule has 0 bridgehead atoms. The number of aryl methyl sites for hydroxylation is 1. The molecule has 0 N–H and O–H groups in total. The summed E-state index contributed by atoms with van der Waals surface area (Å²) in [5, 5.41) is 3.79. The third kappa shape index (κ3) is 2.55. The number of hydrogen-bond donors (Lipinski definition) is 0. The maximum absolute atomic E-state index is 12.3. The van der Waals surface area contributed by atoms with Crippen LogP contribution in [0.3, 0.4) is 0 Å².